The van der Waals surface area contributed by atoms with Gasteiger partial charge in [-0.15, -0.1) is 0 Å². The number of fused-ring (bicyclic) bond motifs is 2. The molecule has 2 aliphatic heterocycles. The summed E-state index contributed by atoms with van der Waals surface area (Å²) in [6.07, 6.45) is 1.52. The molecule has 130 valence electrons. The van der Waals surface area contributed by atoms with E-state index in [9.17, 15) is 13.2 Å². The molecule has 0 amide bonds. The van der Waals surface area contributed by atoms with Gasteiger partial charge in [-0.25, -0.2) is 8.42 Å². The molecule has 0 aromatic heterocycles. The molecule has 0 aliphatic carbocycles. The Morgan fingerprint density at radius 3 is 2.28 bits per heavy atom. The molecule has 2 aliphatic rings. The van der Waals surface area contributed by atoms with Gasteiger partial charge in [-0.05, 0) is 30.5 Å². The summed E-state index contributed by atoms with van der Waals surface area (Å²) in [4.78, 5) is 14.9. The highest BCUT2D eigenvalue weighted by molar-refractivity contribution is 7.92. The van der Waals surface area contributed by atoms with Gasteiger partial charge in [0, 0.05) is 19.0 Å². The lowest BCUT2D eigenvalue weighted by molar-refractivity contribution is -0.126. The first-order valence-electron chi connectivity index (χ1n) is 8.69. The number of Topliss-reactive ketones (excluding diaryl/α,β-unsaturated/α-hetero) is 1. The van der Waals surface area contributed by atoms with Crippen molar-refractivity contribution in [1.82, 2.24) is 4.90 Å². The van der Waals surface area contributed by atoms with Crippen molar-refractivity contribution >= 4 is 15.6 Å². The number of piperidine rings is 1. The normalized spacial score (nSPS) is 26.7. The van der Waals surface area contributed by atoms with Crippen LogP contribution in [0.4, 0.5) is 0 Å². The number of carbonyl (C=O) groups is 1. The second-order valence-corrected chi connectivity index (χ2v) is 9.05. The van der Waals surface area contributed by atoms with Crippen LogP contribution in [0.25, 0.3) is 0 Å². The van der Waals surface area contributed by atoms with E-state index in [1.807, 2.05) is 36.4 Å². The van der Waals surface area contributed by atoms with Crippen molar-refractivity contribution in [1.29, 1.82) is 0 Å². The van der Waals surface area contributed by atoms with Crippen molar-refractivity contribution in [3.8, 4) is 0 Å². The molecular formula is C20H21NO3S. The molecule has 2 fully saturated rings. The zero-order valence-electron chi connectivity index (χ0n) is 13.9. The van der Waals surface area contributed by atoms with Crippen LogP contribution in [0, 0.1) is 0 Å². The van der Waals surface area contributed by atoms with Crippen LogP contribution in [0.15, 0.2) is 65.6 Å². The van der Waals surface area contributed by atoms with Gasteiger partial charge >= 0.3 is 0 Å². The summed E-state index contributed by atoms with van der Waals surface area (Å²) in [5.41, 5.74) is 1.12. The van der Waals surface area contributed by atoms with Gasteiger partial charge in [0.2, 0.25) is 0 Å². The largest absolute Gasteiger partial charge is 0.298 e. The van der Waals surface area contributed by atoms with Crippen molar-refractivity contribution in [3.63, 3.8) is 0 Å². The molecule has 0 spiro atoms. The molecule has 0 unspecified atom stereocenters. The van der Waals surface area contributed by atoms with E-state index in [0.29, 0.717) is 30.7 Å². The van der Waals surface area contributed by atoms with Gasteiger partial charge < -0.3 is 0 Å². The van der Waals surface area contributed by atoms with Gasteiger partial charge in [0.25, 0.3) is 0 Å². The Hall–Kier alpha value is -1.98. The highest BCUT2D eigenvalue weighted by Gasteiger charge is 2.52. The summed E-state index contributed by atoms with van der Waals surface area (Å²) in [6.45, 7) is 0.628. The minimum absolute atomic E-state index is 0.0897. The van der Waals surface area contributed by atoms with Crippen LogP contribution in [-0.2, 0) is 21.2 Å². The molecule has 0 N–H and O–H groups in total. The predicted octanol–water partition coefficient (Wildman–Crippen LogP) is 2.83. The predicted molar refractivity (Wildman–Crippen MR) is 95.8 cm³/mol. The van der Waals surface area contributed by atoms with Crippen LogP contribution in [-0.4, -0.2) is 36.4 Å². The summed E-state index contributed by atoms with van der Waals surface area (Å²) < 4.78 is 26.3. The lowest BCUT2D eigenvalue weighted by Gasteiger charge is -2.34. The number of sulfone groups is 1. The Balaban J connectivity index is 1.67. The Labute approximate surface area is 148 Å². The van der Waals surface area contributed by atoms with Gasteiger partial charge in [0.1, 0.15) is 5.78 Å². The quantitative estimate of drug-likeness (QED) is 0.846. The Morgan fingerprint density at radius 2 is 1.60 bits per heavy atom. The standard InChI is InChI=1S/C20H21NO3S/c22-19-12-11-17-20(25(23,24)16-9-5-2-6-10-16)13-18(19)21(17)14-15-7-3-1-4-8-15/h1-10,17-18,20H,11-14H2/t17-,18-,20+/m1/s1. The molecule has 2 saturated heterocycles. The SMILES string of the molecule is O=C1CC[C@@H]2[C@@H](S(=O)(=O)c3ccccc3)C[C@H]1N2Cc1ccccc1. The Kier molecular flexibility index (Phi) is 4.21. The van der Waals surface area contributed by atoms with Crippen molar-refractivity contribution in [3.05, 3.63) is 66.2 Å². The van der Waals surface area contributed by atoms with Gasteiger partial charge in [0.05, 0.1) is 16.2 Å². The highest BCUT2D eigenvalue weighted by atomic mass is 32.2. The molecule has 2 aromatic carbocycles. The van der Waals surface area contributed by atoms with Crippen molar-refractivity contribution in [2.75, 3.05) is 0 Å². The zero-order chi connectivity index (χ0) is 17.4. The van der Waals surface area contributed by atoms with Crippen LogP contribution in [0.1, 0.15) is 24.8 Å². The van der Waals surface area contributed by atoms with E-state index >= 15 is 0 Å². The smallest absolute Gasteiger partial charge is 0.182 e. The van der Waals surface area contributed by atoms with E-state index < -0.39 is 15.1 Å². The van der Waals surface area contributed by atoms with Crippen LogP contribution in [0.2, 0.25) is 0 Å². The summed E-state index contributed by atoms with van der Waals surface area (Å²) in [5, 5.41) is -0.505. The molecule has 2 aromatic rings. The van der Waals surface area contributed by atoms with Crippen LogP contribution < -0.4 is 0 Å². The van der Waals surface area contributed by atoms with Crippen molar-refractivity contribution in [2.24, 2.45) is 0 Å². The van der Waals surface area contributed by atoms with Crippen molar-refractivity contribution < 1.29 is 13.2 Å². The maximum Gasteiger partial charge on any atom is 0.182 e. The summed E-state index contributed by atoms with van der Waals surface area (Å²) in [6, 6.07) is 18.2. The van der Waals surface area contributed by atoms with E-state index in [1.165, 1.54) is 0 Å². The van der Waals surface area contributed by atoms with Gasteiger partial charge in [0.15, 0.2) is 9.84 Å². The van der Waals surface area contributed by atoms with Crippen molar-refractivity contribution in [2.45, 2.75) is 48.0 Å². The van der Waals surface area contributed by atoms with Crippen LogP contribution in [0.3, 0.4) is 0 Å². The van der Waals surface area contributed by atoms with E-state index in [0.717, 1.165) is 5.56 Å². The molecule has 2 heterocycles. The third-order valence-electron chi connectivity index (χ3n) is 5.45. The third kappa shape index (κ3) is 2.92. The Morgan fingerprint density at radius 1 is 0.960 bits per heavy atom. The molecule has 25 heavy (non-hydrogen) atoms. The molecule has 2 bridgehead atoms. The number of hydrogen-bond donors (Lipinski definition) is 0. The lowest BCUT2D eigenvalue weighted by Crippen LogP contribution is -2.46. The lowest BCUT2D eigenvalue weighted by atomic mass is 10.0. The number of nitrogens with zero attached hydrogens (tertiary/aromatic N) is 1. The first-order valence-corrected chi connectivity index (χ1v) is 10.2. The summed E-state index contributed by atoms with van der Waals surface area (Å²) in [5.74, 6) is 0.179. The first-order chi connectivity index (χ1) is 12.1. The maximum absolute atomic E-state index is 13.1. The van der Waals surface area contributed by atoms with Gasteiger partial charge in [-0.1, -0.05) is 48.5 Å². The van der Waals surface area contributed by atoms with E-state index in [-0.39, 0.29) is 17.9 Å². The summed E-state index contributed by atoms with van der Waals surface area (Å²) >= 11 is 0. The number of hydrogen-bond acceptors (Lipinski definition) is 4. The fraction of sp³-hybridized carbons (Fsp3) is 0.350. The first kappa shape index (κ1) is 16.5. The van der Waals surface area contributed by atoms with Gasteiger partial charge in [-0.3, -0.25) is 9.69 Å². The van der Waals surface area contributed by atoms with Gasteiger partial charge in [-0.2, -0.15) is 0 Å². The average molecular weight is 355 g/mol. The zero-order valence-corrected chi connectivity index (χ0v) is 14.7. The molecular weight excluding hydrogens is 334 g/mol. The highest BCUT2D eigenvalue weighted by Crippen LogP contribution is 2.40. The molecule has 0 saturated carbocycles. The monoisotopic (exact) mass is 355 g/mol. The topological polar surface area (TPSA) is 54.5 Å². The number of carbonyl (C=O) groups excluding carboxylic acids is 1. The number of benzene rings is 2. The Bertz CT molecular complexity index is 864. The minimum atomic E-state index is -3.44. The molecule has 4 nitrogen and oxygen atoms in total. The molecule has 0 radical (unpaired) electrons. The second-order valence-electron chi connectivity index (χ2n) is 6.88. The third-order valence-corrected chi connectivity index (χ3v) is 7.68. The fourth-order valence-electron chi connectivity index (χ4n) is 4.22. The molecule has 3 atom stereocenters. The summed E-state index contributed by atoms with van der Waals surface area (Å²) in [7, 11) is -3.44. The fourth-order valence-corrected chi connectivity index (χ4v) is 6.25. The van der Waals surface area contributed by atoms with E-state index in [4.69, 9.17) is 0 Å². The van der Waals surface area contributed by atoms with E-state index in [2.05, 4.69) is 4.90 Å². The van der Waals surface area contributed by atoms with Crippen LogP contribution in [0.5, 0.6) is 0 Å². The maximum atomic E-state index is 13.1. The van der Waals surface area contributed by atoms with Crippen LogP contribution >= 0.6 is 0 Å². The molecule has 5 heteroatoms. The second kappa shape index (κ2) is 6.39. The minimum Gasteiger partial charge on any atom is -0.298 e. The number of ketones is 1. The van der Waals surface area contributed by atoms with E-state index in [1.54, 1.807) is 24.3 Å². The number of rotatable bonds is 4. The average Bonchev–Trinajstić information content (AvgIpc) is 2.90. The molecule has 4 rings (SSSR count).